The summed E-state index contributed by atoms with van der Waals surface area (Å²) >= 11 is 0. The van der Waals surface area contributed by atoms with Gasteiger partial charge in [-0.25, -0.2) is 0 Å². The number of rotatable bonds is 6. The van der Waals surface area contributed by atoms with Gasteiger partial charge >= 0.3 is 0 Å². The number of anilines is 2. The predicted molar refractivity (Wildman–Crippen MR) is 129 cm³/mol. The lowest BCUT2D eigenvalue weighted by atomic mass is 10.1. The minimum Gasteiger partial charge on any atom is -0.497 e. The minimum atomic E-state index is -0.419. The van der Waals surface area contributed by atoms with Crippen LogP contribution in [0.3, 0.4) is 0 Å². The summed E-state index contributed by atoms with van der Waals surface area (Å²) in [7, 11) is 5.18. The fourth-order valence-corrected chi connectivity index (χ4v) is 3.84. The predicted octanol–water partition coefficient (Wildman–Crippen LogP) is 2.00. The Morgan fingerprint density at radius 1 is 1.00 bits per heavy atom. The summed E-state index contributed by atoms with van der Waals surface area (Å²) in [4.78, 5) is 17.3. The van der Waals surface area contributed by atoms with Crippen LogP contribution in [0.15, 0.2) is 53.3 Å². The Bertz CT molecular complexity index is 1210. The summed E-state index contributed by atoms with van der Waals surface area (Å²) in [6, 6.07) is 14.1. The van der Waals surface area contributed by atoms with Crippen LogP contribution < -0.4 is 25.7 Å². The molecular formula is C24H28N6O3. The Morgan fingerprint density at radius 3 is 2.33 bits per heavy atom. The fraction of sp³-hybridized carbons (Fsp3) is 0.292. The average molecular weight is 449 g/mol. The molecule has 0 aliphatic carbocycles. The zero-order valence-corrected chi connectivity index (χ0v) is 19.0. The van der Waals surface area contributed by atoms with Gasteiger partial charge in [-0.2, -0.15) is 9.78 Å². The monoisotopic (exact) mass is 448 g/mol. The number of benzene rings is 2. The Labute approximate surface area is 192 Å². The third-order valence-corrected chi connectivity index (χ3v) is 5.84. The summed E-state index contributed by atoms with van der Waals surface area (Å²) in [6.45, 7) is 3.98. The van der Waals surface area contributed by atoms with Gasteiger partial charge in [0.1, 0.15) is 22.9 Å². The topological polar surface area (TPSA) is 110 Å². The van der Waals surface area contributed by atoms with Crippen LogP contribution in [0.1, 0.15) is 11.3 Å². The molecule has 172 valence electrons. The first-order valence-corrected chi connectivity index (χ1v) is 10.7. The van der Waals surface area contributed by atoms with Gasteiger partial charge in [0, 0.05) is 49.6 Å². The van der Waals surface area contributed by atoms with Crippen LogP contribution in [0.5, 0.6) is 11.5 Å². The minimum absolute atomic E-state index is 0.138. The summed E-state index contributed by atoms with van der Waals surface area (Å²) in [5.41, 5.74) is 8.41. The highest BCUT2D eigenvalue weighted by Gasteiger charge is 2.18. The number of hydrogen-bond donors (Lipinski definition) is 2. The standard InChI is InChI=1S/C24H28N6O3/c1-28-10-12-29(13-11-28)17-6-4-16(5-7-17)23(26)24-19(25)15-22(31)30(27-24)20-9-8-18(32-2)14-21(20)33-3/h4-9,14-15,26H,10-13,25H2,1-3H3. The van der Waals surface area contributed by atoms with Crippen molar-refractivity contribution in [3.63, 3.8) is 0 Å². The molecule has 2 aromatic carbocycles. The smallest absolute Gasteiger partial charge is 0.273 e. The van der Waals surface area contributed by atoms with Crippen LogP contribution in [0.2, 0.25) is 0 Å². The second-order valence-corrected chi connectivity index (χ2v) is 7.95. The maximum Gasteiger partial charge on any atom is 0.273 e. The second-order valence-electron chi connectivity index (χ2n) is 7.95. The molecule has 1 aliphatic rings. The van der Waals surface area contributed by atoms with Gasteiger partial charge in [-0.15, -0.1) is 0 Å². The first-order chi connectivity index (χ1) is 15.9. The van der Waals surface area contributed by atoms with Crippen LogP contribution in [0, 0.1) is 5.41 Å². The highest BCUT2D eigenvalue weighted by molar-refractivity contribution is 6.12. The maximum atomic E-state index is 12.7. The number of methoxy groups -OCH3 is 2. The number of aromatic nitrogens is 2. The molecule has 9 nitrogen and oxygen atoms in total. The first-order valence-electron chi connectivity index (χ1n) is 10.7. The van der Waals surface area contributed by atoms with Crippen molar-refractivity contribution in [1.82, 2.24) is 14.7 Å². The van der Waals surface area contributed by atoms with Crippen molar-refractivity contribution < 1.29 is 9.47 Å². The van der Waals surface area contributed by atoms with Gasteiger partial charge < -0.3 is 25.0 Å². The van der Waals surface area contributed by atoms with E-state index in [0.29, 0.717) is 22.7 Å². The highest BCUT2D eigenvalue weighted by Crippen LogP contribution is 2.27. The highest BCUT2D eigenvalue weighted by atomic mass is 16.5. The number of likely N-dealkylation sites (N-methyl/N-ethyl adjacent to an activating group) is 1. The van der Waals surface area contributed by atoms with Crippen molar-refractivity contribution in [2.45, 2.75) is 0 Å². The molecule has 0 amide bonds. The van der Waals surface area contributed by atoms with Gasteiger partial charge in [-0.05, 0) is 31.3 Å². The Hall–Kier alpha value is -3.85. The fourth-order valence-electron chi connectivity index (χ4n) is 3.84. The lowest BCUT2D eigenvalue weighted by Crippen LogP contribution is -2.44. The van der Waals surface area contributed by atoms with Gasteiger partial charge in [0.25, 0.3) is 5.56 Å². The average Bonchev–Trinajstić information content (AvgIpc) is 2.84. The van der Waals surface area contributed by atoms with Gasteiger partial charge in [-0.3, -0.25) is 10.2 Å². The molecule has 1 aromatic heterocycles. The molecule has 3 aromatic rings. The summed E-state index contributed by atoms with van der Waals surface area (Å²) < 4.78 is 11.8. The van der Waals surface area contributed by atoms with E-state index in [1.54, 1.807) is 25.3 Å². The van der Waals surface area contributed by atoms with Crippen LogP contribution in [0.4, 0.5) is 11.4 Å². The number of nitrogens with zero attached hydrogens (tertiary/aromatic N) is 4. The summed E-state index contributed by atoms with van der Waals surface area (Å²) in [5, 5.41) is 13.1. The van der Waals surface area contributed by atoms with E-state index in [2.05, 4.69) is 21.9 Å². The summed E-state index contributed by atoms with van der Waals surface area (Å²) in [6.07, 6.45) is 0. The third-order valence-electron chi connectivity index (χ3n) is 5.84. The molecule has 0 bridgehead atoms. The lowest BCUT2D eigenvalue weighted by molar-refractivity contribution is 0.313. The van der Waals surface area contributed by atoms with Crippen molar-refractivity contribution in [1.29, 1.82) is 5.41 Å². The van der Waals surface area contributed by atoms with Crippen molar-refractivity contribution in [2.75, 3.05) is 58.1 Å². The molecule has 1 saturated heterocycles. The molecule has 4 rings (SSSR count). The SMILES string of the molecule is COc1ccc(-n2nc(C(=N)c3ccc(N4CCN(C)CC4)cc3)c(N)cc2=O)c(OC)c1. The molecule has 0 spiro atoms. The molecule has 9 heteroatoms. The van der Waals surface area contributed by atoms with Crippen molar-refractivity contribution in [2.24, 2.45) is 0 Å². The molecule has 0 unspecified atom stereocenters. The Morgan fingerprint density at radius 2 is 1.70 bits per heavy atom. The third kappa shape index (κ3) is 4.54. The Balaban J connectivity index is 1.66. The molecule has 1 aliphatic heterocycles. The molecule has 1 fully saturated rings. The summed E-state index contributed by atoms with van der Waals surface area (Å²) in [5.74, 6) is 1.01. The maximum absolute atomic E-state index is 12.7. The van der Waals surface area contributed by atoms with Gasteiger partial charge in [-0.1, -0.05) is 12.1 Å². The van der Waals surface area contributed by atoms with Crippen LogP contribution >= 0.6 is 0 Å². The van der Waals surface area contributed by atoms with Crippen LogP contribution in [-0.4, -0.2) is 67.8 Å². The molecule has 2 heterocycles. The quantitative estimate of drug-likeness (QED) is 0.555. The molecule has 0 radical (unpaired) electrons. The van der Waals surface area contributed by atoms with E-state index in [4.69, 9.17) is 20.6 Å². The number of nitrogen functional groups attached to an aromatic ring is 1. The van der Waals surface area contributed by atoms with E-state index in [-0.39, 0.29) is 17.1 Å². The lowest BCUT2D eigenvalue weighted by Gasteiger charge is -2.34. The van der Waals surface area contributed by atoms with Crippen molar-refractivity contribution in [3.8, 4) is 17.2 Å². The molecule has 0 atom stereocenters. The van der Waals surface area contributed by atoms with Gasteiger partial charge in [0.2, 0.25) is 0 Å². The first kappa shape index (κ1) is 22.3. The zero-order valence-electron chi connectivity index (χ0n) is 19.0. The van der Waals surface area contributed by atoms with Crippen molar-refractivity contribution >= 4 is 17.1 Å². The van der Waals surface area contributed by atoms with Crippen molar-refractivity contribution in [3.05, 3.63) is 70.1 Å². The van der Waals surface area contributed by atoms with E-state index in [9.17, 15) is 4.79 Å². The number of ether oxygens (including phenoxy) is 2. The van der Waals surface area contributed by atoms with Gasteiger partial charge in [0.15, 0.2) is 0 Å². The zero-order chi connectivity index (χ0) is 23.5. The molecule has 33 heavy (non-hydrogen) atoms. The molecule has 0 saturated carbocycles. The Kier molecular flexibility index (Phi) is 6.32. The van der Waals surface area contributed by atoms with E-state index < -0.39 is 5.56 Å². The van der Waals surface area contributed by atoms with E-state index in [0.717, 1.165) is 31.9 Å². The molecule has 3 N–H and O–H groups in total. The largest absolute Gasteiger partial charge is 0.497 e. The van der Waals surface area contributed by atoms with Gasteiger partial charge in [0.05, 0.1) is 25.6 Å². The molecular weight excluding hydrogens is 420 g/mol. The number of piperazine rings is 1. The number of nitrogens with two attached hydrogens (primary N) is 1. The second kappa shape index (κ2) is 9.33. The normalized spacial score (nSPS) is 14.2. The van der Waals surface area contributed by atoms with Crippen LogP contribution in [0.25, 0.3) is 5.69 Å². The van der Waals surface area contributed by atoms with E-state index in [1.807, 2.05) is 24.3 Å². The van der Waals surface area contributed by atoms with E-state index >= 15 is 0 Å². The van der Waals surface area contributed by atoms with Crippen LogP contribution in [-0.2, 0) is 0 Å². The van der Waals surface area contributed by atoms with E-state index in [1.165, 1.54) is 17.9 Å². The number of hydrogen-bond acceptors (Lipinski definition) is 8. The number of nitrogens with one attached hydrogen (secondary N) is 1.